The summed E-state index contributed by atoms with van der Waals surface area (Å²) in [6, 6.07) is 27.1. The highest BCUT2D eigenvalue weighted by atomic mass is 32.1. The van der Waals surface area contributed by atoms with Gasteiger partial charge in [0.2, 0.25) is 0 Å². The van der Waals surface area contributed by atoms with Crippen molar-refractivity contribution < 1.29 is 29.1 Å². The van der Waals surface area contributed by atoms with E-state index in [1.165, 1.54) is 12.8 Å². The Morgan fingerprint density at radius 2 is 0.930 bits per heavy atom. The van der Waals surface area contributed by atoms with Crippen LogP contribution < -0.4 is 21.3 Å². The summed E-state index contributed by atoms with van der Waals surface area (Å²) >= 11 is 3.15. The molecule has 0 radical (unpaired) electrons. The van der Waals surface area contributed by atoms with Crippen LogP contribution in [0, 0.1) is 0 Å². The Morgan fingerprint density at radius 1 is 0.577 bits per heavy atom. The predicted molar refractivity (Wildman–Crippen MR) is 282 cm³/mol. The van der Waals surface area contributed by atoms with Gasteiger partial charge in [-0.15, -0.1) is 0 Å². The van der Waals surface area contributed by atoms with Gasteiger partial charge in [-0.2, -0.15) is 0 Å². The number of likely N-dealkylation sites (tertiary alicyclic amines) is 2. The van der Waals surface area contributed by atoms with E-state index in [0.717, 1.165) is 118 Å². The van der Waals surface area contributed by atoms with Crippen LogP contribution in [-0.2, 0) is 4.79 Å². The van der Waals surface area contributed by atoms with Crippen molar-refractivity contribution in [2.24, 2.45) is 0 Å². The second-order valence-corrected chi connectivity index (χ2v) is 19.7. The molecule has 6 heterocycles. The van der Waals surface area contributed by atoms with Crippen LogP contribution in [0.1, 0.15) is 93.8 Å². The Hall–Kier alpha value is -6.99. The van der Waals surface area contributed by atoms with E-state index in [1.807, 2.05) is 73.1 Å². The van der Waals surface area contributed by atoms with Crippen LogP contribution in [0.3, 0.4) is 0 Å². The van der Waals surface area contributed by atoms with Crippen molar-refractivity contribution in [3.63, 3.8) is 0 Å². The molecule has 18 heteroatoms. The number of nitrogens with zero attached hydrogens (tertiary/aromatic N) is 6. The summed E-state index contributed by atoms with van der Waals surface area (Å²) in [7, 11) is 3.24. The molecular formula is C53H60N10O6S2. The van der Waals surface area contributed by atoms with Crippen LogP contribution in [-0.4, -0.2) is 129 Å². The molecule has 8 aromatic rings. The molecule has 0 aliphatic carbocycles. The number of thiazole rings is 2. The van der Waals surface area contributed by atoms with Gasteiger partial charge in [-0.05, 0) is 112 Å². The quantitative estimate of drug-likeness (QED) is 0.0748. The van der Waals surface area contributed by atoms with E-state index >= 15 is 0 Å². The van der Waals surface area contributed by atoms with Crippen molar-refractivity contribution in [1.29, 1.82) is 0 Å². The fraction of sp³-hybridized carbons (Fsp3) is 0.340. The second kappa shape index (κ2) is 23.3. The van der Waals surface area contributed by atoms with Crippen LogP contribution in [0.5, 0.6) is 0 Å². The fourth-order valence-corrected chi connectivity index (χ4v) is 11.3. The largest absolute Gasteiger partial charge is 0.483 e. The van der Waals surface area contributed by atoms with Crippen LogP contribution >= 0.6 is 22.7 Å². The lowest BCUT2D eigenvalue weighted by molar-refractivity contribution is -0.122. The van der Waals surface area contributed by atoms with E-state index in [2.05, 4.69) is 53.7 Å². The first-order valence-electron chi connectivity index (χ1n) is 24.2. The van der Waals surface area contributed by atoms with Crippen LogP contribution in [0.25, 0.3) is 52.9 Å². The minimum absolute atomic E-state index is 0.00113. The molecule has 10 rings (SSSR count). The molecule has 370 valence electrons. The lowest BCUT2D eigenvalue weighted by Crippen LogP contribution is -2.44. The van der Waals surface area contributed by atoms with Crippen LogP contribution in [0.15, 0.2) is 97.3 Å². The molecule has 4 aromatic carbocycles. The number of aromatic nitrogens is 4. The number of piperidine rings is 2. The average molecular weight is 997 g/mol. The number of nitrogens with one attached hydrogen (secondary N) is 4. The molecule has 2 aliphatic rings. The van der Waals surface area contributed by atoms with Gasteiger partial charge in [0.05, 0.1) is 31.8 Å². The number of hydrogen-bond acceptors (Lipinski definition) is 11. The zero-order chi connectivity index (χ0) is 50.0. The smallest absolute Gasteiger partial charge is 0.290 e. The minimum atomic E-state index is -0.250. The lowest BCUT2D eigenvalue weighted by Gasteiger charge is -2.32. The molecule has 2 fully saturated rings. The number of carbonyl (C=O) groups excluding carboxylic acids is 4. The van der Waals surface area contributed by atoms with Crippen LogP contribution in [0.2, 0.25) is 0 Å². The molecular weight excluding hydrogens is 937 g/mol. The fourth-order valence-electron chi connectivity index (χ4n) is 9.21. The van der Waals surface area contributed by atoms with Crippen molar-refractivity contribution >= 4 is 83.1 Å². The van der Waals surface area contributed by atoms with E-state index in [9.17, 15) is 19.2 Å². The monoisotopic (exact) mass is 996 g/mol. The van der Waals surface area contributed by atoms with Crippen molar-refractivity contribution in [1.82, 2.24) is 49.8 Å². The molecule has 71 heavy (non-hydrogen) atoms. The van der Waals surface area contributed by atoms with Crippen molar-refractivity contribution in [3.05, 3.63) is 120 Å². The average Bonchev–Trinajstić information content (AvgIpc) is 4.17. The summed E-state index contributed by atoms with van der Waals surface area (Å²) < 4.78 is 6.20. The second-order valence-electron chi connectivity index (χ2n) is 17.7. The number of amides is 4. The summed E-state index contributed by atoms with van der Waals surface area (Å²) in [6.45, 7) is 10.7. The molecule has 0 bridgehead atoms. The zero-order valence-corrected chi connectivity index (χ0v) is 42.1. The lowest BCUT2D eigenvalue weighted by atomic mass is 10.0. The molecule has 0 spiro atoms. The summed E-state index contributed by atoms with van der Waals surface area (Å²) in [5.41, 5.74) is 8.31. The van der Waals surface area contributed by atoms with Crippen LogP contribution in [0.4, 0.5) is 0 Å². The van der Waals surface area contributed by atoms with Gasteiger partial charge in [-0.25, -0.2) is 9.97 Å². The molecule has 5 N–H and O–H groups in total. The number of fused-ring (bicyclic) bond motifs is 6. The Morgan fingerprint density at radius 3 is 1.27 bits per heavy atom. The Balaban J connectivity index is 0.000000181. The van der Waals surface area contributed by atoms with Crippen molar-refractivity contribution in [3.8, 4) is 22.5 Å². The summed E-state index contributed by atoms with van der Waals surface area (Å²) in [5.74, 6) is -0.215. The summed E-state index contributed by atoms with van der Waals surface area (Å²) in [5, 5.41) is 18.6. The first kappa shape index (κ1) is 50.4. The van der Waals surface area contributed by atoms with Gasteiger partial charge >= 0.3 is 0 Å². The third-order valence-corrected chi connectivity index (χ3v) is 15.0. The van der Waals surface area contributed by atoms with Crippen molar-refractivity contribution in [2.45, 2.75) is 64.5 Å². The first-order chi connectivity index (χ1) is 34.5. The summed E-state index contributed by atoms with van der Waals surface area (Å²) in [6.07, 6.45) is 10.4. The highest BCUT2D eigenvalue weighted by molar-refractivity contribution is 7.24. The number of imidazole rings is 2. The SMILES string of the molecule is CCCN1CCC(NC(=O)c2ccc3c(c2)sc2nc(-c4ccc(C(=O)NC)cc4)cn23)CC1.CCCN1CCC(NC(=O)c2ccc3c(c2)sc2nc(-c4ccc(C(=O)NC)cc4)cn23)CC1.O=CO. The van der Waals surface area contributed by atoms with E-state index in [4.69, 9.17) is 19.9 Å². The van der Waals surface area contributed by atoms with Gasteiger partial charge in [0.1, 0.15) is 0 Å². The number of carbonyl (C=O) groups is 5. The van der Waals surface area contributed by atoms with Gasteiger partial charge in [-0.3, -0.25) is 32.8 Å². The molecule has 16 nitrogen and oxygen atoms in total. The highest BCUT2D eigenvalue weighted by Crippen LogP contribution is 2.32. The number of rotatable bonds is 12. The Bertz CT molecular complexity index is 2930. The van der Waals surface area contributed by atoms with Gasteiger partial charge in [0.25, 0.3) is 30.1 Å². The maximum Gasteiger partial charge on any atom is 0.290 e. The van der Waals surface area contributed by atoms with E-state index in [-0.39, 0.29) is 42.2 Å². The molecule has 0 unspecified atom stereocenters. The topological polar surface area (TPSA) is 195 Å². The Labute approximate surface area is 420 Å². The number of hydrogen-bond donors (Lipinski definition) is 5. The van der Waals surface area contributed by atoms with Gasteiger partial charge in [-0.1, -0.05) is 60.8 Å². The maximum absolute atomic E-state index is 12.9. The van der Waals surface area contributed by atoms with Crippen molar-refractivity contribution in [2.75, 3.05) is 53.4 Å². The van der Waals surface area contributed by atoms with Gasteiger partial charge < -0.3 is 36.2 Å². The zero-order valence-electron chi connectivity index (χ0n) is 40.4. The third-order valence-electron chi connectivity index (χ3n) is 13.0. The highest BCUT2D eigenvalue weighted by Gasteiger charge is 2.23. The third kappa shape index (κ3) is 11.8. The standard InChI is InChI=1S/2C26H29N5O2S.CH2O2/c2*1-3-12-30-13-10-20(11-14-30)28-25(33)19-8-9-22-23(15-19)34-26-29-21(16-31(22)26)17-4-6-18(7-5-17)24(32)27-2;2-1-3/h2*4-9,15-16,20H,3,10-14H2,1-2H3,(H,27,32)(H,28,33);1H,(H,2,3). The van der Waals surface area contributed by atoms with E-state index < -0.39 is 0 Å². The first-order valence-corrected chi connectivity index (χ1v) is 25.8. The van der Waals surface area contributed by atoms with Gasteiger partial charge in [0.15, 0.2) is 9.92 Å². The van der Waals surface area contributed by atoms with E-state index in [0.29, 0.717) is 22.3 Å². The number of carboxylic acid groups (broad SMARTS) is 1. The van der Waals surface area contributed by atoms with Gasteiger partial charge in [0, 0.05) is 98.1 Å². The molecule has 2 aliphatic heterocycles. The molecule has 2 saturated heterocycles. The van der Waals surface area contributed by atoms with E-state index in [1.54, 1.807) is 61.0 Å². The number of benzene rings is 4. The molecule has 4 amide bonds. The minimum Gasteiger partial charge on any atom is -0.483 e. The molecule has 0 atom stereocenters. The normalized spacial score (nSPS) is 14.6. The molecule has 0 saturated carbocycles. The summed E-state index contributed by atoms with van der Waals surface area (Å²) in [4.78, 5) is 73.9. The maximum atomic E-state index is 12.9. The predicted octanol–water partition coefficient (Wildman–Crippen LogP) is 8.06. The Kier molecular flexibility index (Phi) is 16.5. The molecule has 4 aromatic heterocycles.